The van der Waals surface area contributed by atoms with Crippen LogP contribution in [0.4, 0.5) is 5.95 Å². The summed E-state index contributed by atoms with van der Waals surface area (Å²) in [4.78, 5) is 10.7. The van der Waals surface area contributed by atoms with Crippen LogP contribution in [0.25, 0.3) is 0 Å². The van der Waals surface area contributed by atoms with Gasteiger partial charge in [-0.3, -0.25) is 9.58 Å². The molecule has 1 aliphatic rings. The van der Waals surface area contributed by atoms with Gasteiger partial charge in [0.25, 0.3) is 0 Å². The van der Waals surface area contributed by atoms with E-state index in [-0.39, 0.29) is 0 Å². The van der Waals surface area contributed by atoms with E-state index in [0.717, 1.165) is 43.0 Å². The maximum atomic E-state index is 9.26. The maximum Gasteiger partial charge on any atom is 0.222 e. The van der Waals surface area contributed by atoms with Gasteiger partial charge in [0, 0.05) is 32.0 Å². The lowest BCUT2D eigenvalue weighted by Gasteiger charge is -2.27. The summed E-state index contributed by atoms with van der Waals surface area (Å²) in [5, 5.41) is 17.1. The average molecular weight is 345 g/mol. The van der Waals surface area contributed by atoms with E-state index in [1.165, 1.54) is 5.69 Å². The second kappa shape index (κ2) is 7.33. The number of hydrogen-bond donors (Lipinski definition) is 1. The fourth-order valence-electron chi connectivity index (χ4n) is 3.17. The van der Waals surface area contributed by atoms with Gasteiger partial charge in [-0.2, -0.15) is 10.4 Å². The third-order valence-electron chi connectivity index (χ3n) is 4.45. The number of anilines is 1. The Morgan fingerprint density at radius 2 is 1.96 bits per heavy atom. The van der Waals surface area contributed by atoms with Crippen LogP contribution in [0.15, 0.2) is 48.8 Å². The van der Waals surface area contributed by atoms with E-state index < -0.39 is 0 Å². The number of nitrogens with one attached hydrogen (secondary N) is 1. The van der Waals surface area contributed by atoms with Gasteiger partial charge in [-0.15, -0.1) is 0 Å². The molecule has 0 bridgehead atoms. The monoisotopic (exact) mass is 345 g/mol. The summed E-state index contributed by atoms with van der Waals surface area (Å²) < 4.78 is 2.07. The molecule has 0 spiro atoms. The van der Waals surface area contributed by atoms with Gasteiger partial charge >= 0.3 is 0 Å². The first-order valence-corrected chi connectivity index (χ1v) is 8.58. The van der Waals surface area contributed by atoms with Crippen molar-refractivity contribution in [2.24, 2.45) is 0 Å². The highest BCUT2D eigenvalue weighted by atomic mass is 15.3. The van der Waals surface area contributed by atoms with Crippen molar-refractivity contribution in [1.29, 1.82) is 5.26 Å². The molecular formula is C19H19N7. The molecule has 3 heterocycles. The van der Waals surface area contributed by atoms with E-state index in [0.29, 0.717) is 12.5 Å². The predicted octanol–water partition coefficient (Wildman–Crippen LogP) is 2.17. The molecular weight excluding hydrogens is 326 g/mol. The number of nitriles is 1. The van der Waals surface area contributed by atoms with Gasteiger partial charge in [0.15, 0.2) is 0 Å². The highest BCUT2D eigenvalue weighted by Gasteiger charge is 2.19. The summed E-state index contributed by atoms with van der Waals surface area (Å²) in [5.41, 5.74) is 3.99. The number of nitrogens with zero attached hydrogens (tertiary/aromatic N) is 6. The van der Waals surface area contributed by atoms with E-state index in [1.807, 2.05) is 24.3 Å². The van der Waals surface area contributed by atoms with Crippen molar-refractivity contribution in [3.05, 3.63) is 71.3 Å². The molecule has 0 radical (unpaired) electrons. The number of hydrogen-bond acceptors (Lipinski definition) is 6. The van der Waals surface area contributed by atoms with Crippen molar-refractivity contribution in [3.63, 3.8) is 0 Å². The fraction of sp³-hybridized carbons (Fsp3) is 0.263. The van der Waals surface area contributed by atoms with Gasteiger partial charge in [-0.25, -0.2) is 9.97 Å². The van der Waals surface area contributed by atoms with Crippen LogP contribution in [0.2, 0.25) is 0 Å². The van der Waals surface area contributed by atoms with Crippen molar-refractivity contribution in [2.75, 3.05) is 11.9 Å². The zero-order valence-corrected chi connectivity index (χ0v) is 14.3. The molecule has 2 aromatic heterocycles. The Labute approximate surface area is 151 Å². The molecule has 1 aliphatic heterocycles. The van der Waals surface area contributed by atoms with Crippen LogP contribution in [-0.2, 0) is 26.2 Å². The molecule has 0 saturated carbocycles. The predicted molar refractivity (Wildman–Crippen MR) is 96.9 cm³/mol. The van der Waals surface area contributed by atoms with Crippen LogP contribution < -0.4 is 5.32 Å². The van der Waals surface area contributed by atoms with Crippen molar-refractivity contribution in [2.45, 2.75) is 26.2 Å². The molecule has 1 aromatic carbocycles. The minimum atomic E-state index is 0.598. The first-order chi connectivity index (χ1) is 12.8. The summed E-state index contributed by atoms with van der Waals surface area (Å²) in [7, 11) is 0. The third kappa shape index (κ3) is 3.55. The fourth-order valence-corrected chi connectivity index (χ4v) is 3.17. The number of aromatic nitrogens is 4. The van der Waals surface area contributed by atoms with E-state index in [2.05, 4.69) is 42.1 Å². The standard InChI is InChI=1S/C19H19N7/c20-11-15-4-1-2-5-16(15)13-25-8-9-26-18(14-25)10-17(24-26)12-23-19-21-6-3-7-22-19/h1-7,10H,8-9,12-14H2,(H,21,22,23). The van der Waals surface area contributed by atoms with Gasteiger partial charge in [-0.1, -0.05) is 18.2 Å². The van der Waals surface area contributed by atoms with Gasteiger partial charge in [0.1, 0.15) is 0 Å². The molecule has 1 N–H and O–H groups in total. The summed E-state index contributed by atoms with van der Waals surface area (Å²) in [5.74, 6) is 0.605. The molecule has 0 saturated heterocycles. The quantitative estimate of drug-likeness (QED) is 0.763. The molecule has 7 nitrogen and oxygen atoms in total. The average Bonchev–Trinajstić information content (AvgIpc) is 3.10. The van der Waals surface area contributed by atoms with Gasteiger partial charge in [0.05, 0.1) is 36.1 Å². The number of benzene rings is 1. The van der Waals surface area contributed by atoms with E-state index >= 15 is 0 Å². The topological polar surface area (TPSA) is 82.7 Å². The Bertz CT molecular complexity index is 927. The summed E-state index contributed by atoms with van der Waals surface area (Å²) in [6, 6.07) is 14.0. The number of rotatable bonds is 5. The molecule has 0 unspecified atom stereocenters. The Kier molecular flexibility index (Phi) is 4.58. The molecule has 130 valence electrons. The second-order valence-corrected chi connectivity index (χ2v) is 6.26. The van der Waals surface area contributed by atoms with Crippen molar-refractivity contribution >= 4 is 5.95 Å². The Hall–Kier alpha value is -3.24. The molecule has 0 amide bonds. The van der Waals surface area contributed by atoms with Crippen LogP contribution in [0.5, 0.6) is 0 Å². The largest absolute Gasteiger partial charge is 0.348 e. The Balaban J connectivity index is 1.41. The van der Waals surface area contributed by atoms with Crippen molar-refractivity contribution < 1.29 is 0 Å². The minimum Gasteiger partial charge on any atom is -0.348 e. The van der Waals surface area contributed by atoms with Crippen molar-refractivity contribution in [1.82, 2.24) is 24.6 Å². The maximum absolute atomic E-state index is 9.26. The summed E-state index contributed by atoms with van der Waals surface area (Å²) >= 11 is 0. The normalized spacial score (nSPS) is 13.8. The lowest BCUT2D eigenvalue weighted by molar-refractivity contribution is 0.205. The molecule has 0 atom stereocenters. The van der Waals surface area contributed by atoms with Gasteiger partial charge in [-0.05, 0) is 23.8 Å². The highest BCUT2D eigenvalue weighted by molar-refractivity contribution is 5.37. The van der Waals surface area contributed by atoms with Gasteiger partial charge in [0.2, 0.25) is 5.95 Å². The Morgan fingerprint density at radius 3 is 2.81 bits per heavy atom. The van der Waals surface area contributed by atoms with Crippen LogP contribution in [-0.4, -0.2) is 31.2 Å². The first-order valence-electron chi connectivity index (χ1n) is 8.58. The number of fused-ring (bicyclic) bond motifs is 1. The Morgan fingerprint density at radius 1 is 1.12 bits per heavy atom. The highest BCUT2D eigenvalue weighted by Crippen LogP contribution is 2.18. The molecule has 26 heavy (non-hydrogen) atoms. The van der Waals surface area contributed by atoms with Crippen LogP contribution in [0.3, 0.4) is 0 Å². The van der Waals surface area contributed by atoms with E-state index in [9.17, 15) is 5.26 Å². The molecule has 3 aromatic rings. The summed E-state index contributed by atoms with van der Waals surface area (Å²) in [6.45, 7) is 3.98. The van der Waals surface area contributed by atoms with Crippen LogP contribution >= 0.6 is 0 Å². The lowest BCUT2D eigenvalue weighted by Crippen LogP contribution is -2.33. The molecule has 0 aliphatic carbocycles. The third-order valence-corrected chi connectivity index (χ3v) is 4.45. The van der Waals surface area contributed by atoms with Gasteiger partial charge < -0.3 is 5.32 Å². The molecule has 4 rings (SSSR count). The zero-order chi connectivity index (χ0) is 17.8. The van der Waals surface area contributed by atoms with Crippen LogP contribution in [0.1, 0.15) is 22.5 Å². The lowest BCUT2D eigenvalue weighted by atomic mass is 10.1. The summed E-state index contributed by atoms with van der Waals surface area (Å²) in [6.07, 6.45) is 3.43. The minimum absolute atomic E-state index is 0.598. The zero-order valence-electron chi connectivity index (χ0n) is 14.3. The first kappa shape index (κ1) is 16.2. The second-order valence-electron chi connectivity index (χ2n) is 6.26. The van der Waals surface area contributed by atoms with E-state index in [1.54, 1.807) is 18.5 Å². The van der Waals surface area contributed by atoms with Crippen LogP contribution in [0, 0.1) is 11.3 Å². The SMILES string of the molecule is N#Cc1ccccc1CN1CCn2nc(CNc3ncccn3)cc2C1. The van der Waals surface area contributed by atoms with E-state index in [4.69, 9.17) is 0 Å². The van der Waals surface area contributed by atoms with Crippen molar-refractivity contribution in [3.8, 4) is 6.07 Å². The molecule has 0 fully saturated rings. The smallest absolute Gasteiger partial charge is 0.222 e. The molecule has 7 heteroatoms.